The second-order valence-corrected chi connectivity index (χ2v) is 4.27. The SMILES string of the molecule is COCCNc1nn(-c2ccccc2)c(N)c1C(=O)OC. The quantitative estimate of drug-likeness (QED) is 0.615. The Kier molecular flexibility index (Phi) is 4.78. The molecule has 0 aliphatic carbocycles. The van der Waals surface area contributed by atoms with E-state index in [9.17, 15) is 4.79 Å². The molecule has 0 aliphatic rings. The Hall–Kier alpha value is -2.54. The lowest BCUT2D eigenvalue weighted by Gasteiger charge is -2.04. The zero-order valence-electron chi connectivity index (χ0n) is 12.0. The summed E-state index contributed by atoms with van der Waals surface area (Å²) in [6.07, 6.45) is 0. The summed E-state index contributed by atoms with van der Waals surface area (Å²) in [5, 5.41) is 7.37. The third kappa shape index (κ3) is 3.14. The van der Waals surface area contributed by atoms with Crippen molar-refractivity contribution in [3.63, 3.8) is 0 Å². The number of anilines is 2. The van der Waals surface area contributed by atoms with Crippen LogP contribution in [-0.2, 0) is 9.47 Å². The lowest BCUT2D eigenvalue weighted by Crippen LogP contribution is -2.12. The van der Waals surface area contributed by atoms with E-state index in [2.05, 4.69) is 10.4 Å². The summed E-state index contributed by atoms with van der Waals surface area (Å²) in [5.74, 6) is 0.0721. The highest BCUT2D eigenvalue weighted by molar-refractivity contribution is 5.99. The summed E-state index contributed by atoms with van der Waals surface area (Å²) < 4.78 is 11.2. The molecule has 3 N–H and O–H groups in total. The van der Waals surface area contributed by atoms with E-state index in [1.807, 2.05) is 30.3 Å². The Labute approximate surface area is 122 Å². The number of para-hydroxylation sites is 1. The molecule has 0 fully saturated rings. The zero-order chi connectivity index (χ0) is 15.2. The Bertz CT molecular complexity index is 610. The van der Waals surface area contributed by atoms with Crippen LogP contribution in [0.3, 0.4) is 0 Å². The average molecular weight is 290 g/mol. The van der Waals surface area contributed by atoms with Crippen molar-refractivity contribution < 1.29 is 14.3 Å². The normalized spacial score (nSPS) is 10.4. The maximum absolute atomic E-state index is 11.9. The Morgan fingerprint density at radius 2 is 2.05 bits per heavy atom. The monoisotopic (exact) mass is 290 g/mol. The van der Waals surface area contributed by atoms with Gasteiger partial charge in [0.05, 0.1) is 19.4 Å². The second-order valence-electron chi connectivity index (χ2n) is 4.27. The summed E-state index contributed by atoms with van der Waals surface area (Å²) >= 11 is 0. The molecule has 0 saturated heterocycles. The van der Waals surface area contributed by atoms with Gasteiger partial charge in [0.2, 0.25) is 0 Å². The maximum atomic E-state index is 11.9. The van der Waals surface area contributed by atoms with Crippen LogP contribution in [-0.4, -0.2) is 43.1 Å². The van der Waals surface area contributed by atoms with Crippen molar-refractivity contribution in [1.29, 1.82) is 0 Å². The van der Waals surface area contributed by atoms with Gasteiger partial charge in [0.15, 0.2) is 5.82 Å². The molecule has 0 amide bonds. The Morgan fingerprint density at radius 3 is 2.67 bits per heavy atom. The van der Waals surface area contributed by atoms with Crippen LogP contribution in [0.25, 0.3) is 5.69 Å². The van der Waals surface area contributed by atoms with Crippen molar-refractivity contribution in [2.45, 2.75) is 0 Å². The zero-order valence-corrected chi connectivity index (χ0v) is 12.0. The predicted molar refractivity (Wildman–Crippen MR) is 79.7 cm³/mol. The van der Waals surface area contributed by atoms with Crippen LogP contribution in [0.2, 0.25) is 0 Å². The van der Waals surface area contributed by atoms with Crippen LogP contribution in [0.4, 0.5) is 11.6 Å². The molecule has 2 rings (SSSR count). The largest absolute Gasteiger partial charge is 0.465 e. The van der Waals surface area contributed by atoms with E-state index in [1.165, 1.54) is 11.8 Å². The molecule has 112 valence electrons. The van der Waals surface area contributed by atoms with Crippen molar-refractivity contribution in [3.8, 4) is 5.69 Å². The molecular weight excluding hydrogens is 272 g/mol. The van der Waals surface area contributed by atoms with Crippen molar-refractivity contribution >= 4 is 17.6 Å². The standard InChI is InChI=1S/C14H18N4O3/c1-20-9-8-16-13-11(14(19)21-2)12(15)18(17-13)10-6-4-3-5-7-10/h3-7H,8-9,15H2,1-2H3,(H,16,17). The molecule has 2 aromatic rings. The molecule has 7 nitrogen and oxygen atoms in total. The van der Waals surface area contributed by atoms with Crippen molar-refractivity contribution in [2.75, 3.05) is 38.4 Å². The molecule has 7 heteroatoms. The molecule has 21 heavy (non-hydrogen) atoms. The summed E-state index contributed by atoms with van der Waals surface area (Å²) in [4.78, 5) is 11.9. The number of hydrogen-bond acceptors (Lipinski definition) is 6. The summed E-state index contributed by atoms with van der Waals surface area (Å²) in [6, 6.07) is 9.33. The van der Waals surface area contributed by atoms with Crippen LogP contribution in [0.1, 0.15) is 10.4 Å². The minimum absolute atomic E-state index is 0.220. The fourth-order valence-corrected chi connectivity index (χ4v) is 1.90. The minimum atomic E-state index is -0.533. The highest BCUT2D eigenvalue weighted by Gasteiger charge is 2.23. The number of carbonyl (C=O) groups excluding carboxylic acids is 1. The maximum Gasteiger partial charge on any atom is 0.345 e. The van der Waals surface area contributed by atoms with E-state index in [0.29, 0.717) is 19.0 Å². The Balaban J connectivity index is 2.41. The number of esters is 1. The molecule has 1 heterocycles. The second kappa shape index (κ2) is 6.76. The van der Waals surface area contributed by atoms with Crippen LogP contribution in [0.5, 0.6) is 0 Å². The number of nitrogens with one attached hydrogen (secondary N) is 1. The van der Waals surface area contributed by atoms with Crippen LogP contribution >= 0.6 is 0 Å². The lowest BCUT2D eigenvalue weighted by atomic mass is 10.3. The van der Waals surface area contributed by atoms with Gasteiger partial charge in [0.1, 0.15) is 11.4 Å². The number of nitrogens with two attached hydrogens (primary N) is 1. The van der Waals surface area contributed by atoms with Crippen LogP contribution in [0, 0.1) is 0 Å². The molecule has 0 aliphatic heterocycles. The van der Waals surface area contributed by atoms with Crippen molar-refractivity contribution in [1.82, 2.24) is 9.78 Å². The summed E-state index contributed by atoms with van der Waals surface area (Å²) in [7, 11) is 2.90. The summed E-state index contributed by atoms with van der Waals surface area (Å²) in [6.45, 7) is 0.991. The molecular formula is C14H18N4O3. The van der Waals surface area contributed by atoms with Gasteiger partial charge in [0.25, 0.3) is 0 Å². The minimum Gasteiger partial charge on any atom is -0.465 e. The topological polar surface area (TPSA) is 91.4 Å². The number of nitrogen functional groups attached to an aromatic ring is 1. The predicted octanol–water partition coefficient (Wildman–Crippen LogP) is 1.30. The first-order valence-corrected chi connectivity index (χ1v) is 6.44. The number of rotatable bonds is 6. The van der Waals surface area contributed by atoms with E-state index in [0.717, 1.165) is 5.69 Å². The van der Waals surface area contributed by atoms with Crippen LogP contribution in [0.15, 0.2) is 30.3 Å². The number of methoxy groups -OCH3 is 2. The van der Waals surface area contributed by atoms with Gasteiger partial charge in [-0.05, 0) is 12.1 Å². The molecule has 0 unspecified atom stereocenters. The number of nitrogens with zero attached hydrogens (tertiary/aromatic N) is 2. The average Bonchev–Trinajstić information content (AvgIpc) is 2.84. The number of benzene rings is 1. The van der Waals surface area contributed by atoms with E-state index in [1.54, 1.807) is 7.11 Å². The van der Waals surface area contributed by atoms with Gasteiger partial charge >= 0.3 is 5.97 Å². The third-order valence-corrected chi connectivity index (χ3v) is 2.91. The van der Waals surface area contributed by atoms with Gasteiger partial charge in [-0.2, -0.15) is 0 Å². The number of carbonyl (C=O) groups is 1. The first kappa shape index (κ1) is 14.9. The van der Waals surface area contributed by atoms with Gasteiger partial charge in [0, 0.05) is 13.7 Å². The van der Waals surface area contributed by atoms with Gasteiger partial charge in [-0.1, -0.05) is 18.2 Å². The molecule has 0 atom stereocenters. The number of ether oxygens (including phenoxy) is 2. The lowest BCUT2D eigenvalue weighted by molar-refractivity contribution is 0.0603. The van der Waals surface area contributed by atoms with Gasteiger partial charge in [-0.3, -0.25) is 0 Å². The van der Waals surface area contributed by atoms with E-state index < -0.39 is 5.97 Å². The summed E-state index contributed by atoms with van der Waals surface area (Å²) in [5.41, 5.74) is 7.03. The Morgan fingerprint density at radius 1 is 1.33 bits per heavy atom. The molecule has 1 aromatic heterocycles. The van der Waals surface area contributed by atoms with Gasteiger partial charge < -0.3 is 20.5 Å². The van der Waals surface area contributed by atoms with Crippen molar-refractivity contribution in [2.24, 2.45) is 0 Å². The first-order chi connectivity index (χ1) is 10.2. The first-order valence-electron chi connectivity index (χ1n) is 6.44. The number of hydrogen-bond donors (Lipinski definition) is 2. The molecule has 0 spiro atoms. The van der Waals surface area contributed by atoms with E-state index in [4.69, 9.17) is 15.2 Å². The van der Waals surface area contributed by atoms with Crippen LogP contribution < -0.4 is 11.1 Å². The molecule has 1 aromatic carbocycles. The smallest absolute Gasteiger partial charge is 0.345 e. The highest BCUT2D eigenvalue weighted by atomic mass is 16.5. The van der Waals surface area contributed by atoms with Crippen molar-refractivity contribution in [3.05, 3.63) is 35.9 Å². The van der Waals surface area contributed by atoms with Gasteiger partial charge in [-0.25, -0.2) is 9.48 Å². The fraction of sp³-hybridized carbons (Fsp3) is 0.286. The number of aromatic nitrogens is 2. The highest BCUT2D eigenvalue weighted by Crippen LogP contribution is 2.25. The van der Waals surface area contributed by atoms with E-state index in [-0.39, 0.29) is 11.4 Å². The van der Waals surface area contributed by atoms with E-state index >= 15 is 0 Å². The molecule has 0 bridgehead atoms. The van der Waals surface area contributed by atoms with Gasteiger partial charge in [-0.15, -0.1) is 5.10 Å². The molecule has 0 saturated carbocycles. The third-order valence-electron chi connectivity index (χ3n) is 2.91. The fourth-order valence-electron chi connectivity index (χ4n) is 1.90. The molecule has 0 radical (unpaired) electrons.